The monoisotopic (exact) mass is 460 g/mol. The Morgan fingerprint density at radius 1 is 1.16 bits per heavy atom. The van der Waals surface area contributed by atoms with Gasteiger partial charge in [0.2, 0.25) is 5.78 Å². The van der Waals surface area contributed by atoms with Gasteiger partial charge in [0, 0.05) is 12.1 Å². The Labute approximate surface area is 191 Å². The average Bonchev–Trinajstić information content (AvgIpc) is 3.46. The summed E-state index contributed by atoms with van der Waals surface area (Å²) in [7, 11) is 0. The molecular formula is C24H26ClFN2O4. The summed E-state index contributed by atoms with van der Waals surface area (Å²) in [4.78, 5) is 27.3. The van der Waals surface area contributed by atoms with Crippen LogP contribution in [-0.4, -0.2) is 53.5 Å². The quantitative estimate of drug-likeness (QED) is 0.442. The average molecular weight is 461 g/mol. The van der Waals surface area contributed by atoms with Crippen LogP contribution in [0.25, 0.3) is 0 Å². The molecule has 2 aromatic rings. The van der Waals surface area contributed by atoms with E-state index in [1.807, 2.05) is 0 Å². The molecule has 0 aromatic heterocycles. The van der Waals surface area contributed by atoms with Gasteiger partial charge in [-0.3, -0.25) is 9.59 Å². The van der Waals surface area contributed by atoms with Crippen LogP contribution < -0.4 is 10.1 Å². The molecule has 1 saturated heterocycles. The Morgan fingerprint density at radius 2 is 1.84 bits per heavy atom. The van der Waals surface area contributed by atoms with E-state index in [9.17, 15) is 19.1 Å². The number of hydrogen-bond acceptors (Lipinski definition) is 5. The minimum Gasteiger partial charge on any atom is -0.489 e. The second-order valence-corrected chi connectivity index (χ2v) is 8.78. The fraction of sp³-hybridized carbons (Fsp3) is 0.417. The number of amides is 1. The highest BCUT2D eigenvalue weighted by molar-refractivity contribution is 6.42. The summed E-state index contributed by atoms with van der Waals surface area (Å²) >= 11 is 6.35. The number of halogens is 2. The van der Waals surface area contributed by atoms with Crippen molar-refractivity contribution in [1.29, 1.82) is 0 Å². The number of ketones is 1. The van der Waals surface area contributed by atoms with E-state index in [1.165, 1.54) is 12.1 Å². The molecule has 0 radical (unpaired) electrons. The van der Waals surface area contributed by atoms with Gasteiger partial charge in [-0.2, -0.15) is 0 Å². The number of aliphatic hydroxyl groups is 1. The molecule has 2 fully saturated rings. The van der Waals surface area contributed by atoms with Crippen molar-refractivity contribution in [2.45, 2.75) is 43.9 Å². The van der Waals surface area contributed by atoms with Gasteiger partial charge in [-0.15, -0.1) is 0 Å². The van der Waals surface area contributed by atoms with Gasteiger partial charge in [0.25, 0.3) is 5.91 Å². The number of nitrogens with zero attached hydrogens (tertiary/aromatic N) is 1. The van der Waals surface area contributed by atoms with Gasteiger partial charge >= 0.3 is 0 Å². The number of benzene rings is 2. The lowest BCUT2D eigenvalue weighted by Gasteiger charge is -2.28. The lowest BCUT2D eigenvalue weighted by atomic mass is 10.0. The SMILES string of the molecule is O=C(NC(CN1CCCC1)C(O)c1ccc(OC2CC2)c(Cl)c1)C(=O)c1ccc(F)cc1. The zero-order valence-electron chi connectivity index (χ0n) is 17.6. The Hall–Kier alpha value is -2.48. The van der Waals surface area contributed by atoms with Crippen molar-refractivity contribution in [3.63, 3.8) is 0 Å². The van der Waals surface area contributed by atoms with Crippen LogP contribution in [0.4, 0.5) is 4.39 Å². The summed E-state index contributed by atoms with van der Waals surface area (Å²) in [6.07, 6.45) is 3.23. The van der Waals surface area contributed by atoms with Crippen molar-refractivity contribution >= 4 is 23.3 Å². The van der Waals surface area contributed by atoms with Crippen molar-refractivity contribution < 1.29 is 23.8 Å². The maximum Gasteiger partial charge on any atom is 0.292 e. The first-order valence-corrected chi connectivity index (χ1v) is 11.3. The zero-order valence-corrected chi connectivity index (χ0v) is 18.4. The third kappa shape index (κ3) is 5.65. The predicted molar refractivity (Wildman–Crippen MR) is 118 cm³/mol. The minimum absolute atomic E-state index is 0.0861. The van der Waals surface area contributed by atoms with Gasteiger partial charge in [0.1, 0.15) is 17.7 Å². The molecule has 1 aliphatic carbocycles. The smallest absolute Gasteiger partial charge is 0.292 e. The summed E-state index contributed by atoms with van der Waals surface area (Å²) in [6.45, 7) is 2.11. The number of nitrogens with one attached hydrogen (secondary N) is 1. The molecule has 6 nitrogen and oxygen atoms in total. The molecule has 2 aliphatic rings. The molecule has 0 bridgehead atoms. The molecule has 2 atom stereocenters. The molecular weight excluding hydrogens is 435 g/mol. The zero-order chi connectivity index (χ0) is 22.7. The summed E-state index contributed by atoms with van der Waals surface area (Å²) in [6, 6.07) is 9.14. The minimum atomic E-state index is -1.08. The Balaban J connectivity index is 1.50. The van der Waals surface area contributed by atoms with Gasteiger partial charge in [0.15, 0.2) is 0 Å². The number of likely N-dealkylation sites (tertiary alicyclic amines) is 1. The molecule has 32 heavy (non-hydrogen) atoms. The summed E-state index contributed by atoms with van der Waals surface area (Å²) in [5.41, 5.74) is 0.611. The van der Waals surface area contributed by atoms with E-state index >= 15 is 0 Å². The number of hydrogen-bond donors (Lipinski definition) is 2. The number of aliphatic hydroxyl groups excluding tert-OH is 1. The number of ether oxygens (including phenoxy) is 1. The first-order chi connectivity index (χ1) is 15.4. The van der Waals surface area contributed by atoms with Gasteiger partial charge in [0.05, 0.1) is 17.2 Å². The Kier molecular flexibility index (Phi) is 7.08. The van der Waals surface area contributed by atoms with Gasteiger partial charge in [-0.1, -0.05) is 17.7 Å². The number of rotatable bonds is 9. The molecule has 2 unspecified atom stereocenters. The molecule has 1 saturated carbocycles. The predicted octanol–water partition coefficient (Wildman–Crippen LogP) is 3.52. The normalized spacial score (nSPS) is 18.2. The van der Waals surface area contributed by atoms with Crippen LogP contribution in [0.2, 0.25) is 5.02 Å². The van der Waals surface area contributed by atoms with E-state index in [1.54, 1.807) is 18.2 Å². The van der Waals surface area contributed by atoms with E-state index in [4.69, 9.17) is 16.3 Å². The van der Waals surface area contributed by atoms with E-state index in [0.29, 0.717) is 22.9 Å². The van der Waals surface area contributed by atoms with Crippen LogP contribution in [0.15, 0.2) is 42.5 Å². The first-order valence-electron chi connectivity index (χ1n) is 10.9. The third-order valence-corrected chi connectivity index (χ3v) is 6.07. The van der Waals surface area contributed by atoms with Gasteiger partial charge in [-0.25, -0.2) is 4.39 Å². The Bertz CT molecular complexity index is 974. The van der Waals surface area contributed by atoms with Crippen molar-refractivity contribution in [3.05, 3.63) is 64.4 Å². The standard InChI is InChI=1S/C24H26ClFN2O4/c25-19-13-16(5-10-21(19)32-18-8-9-18)22(29)20(14-28-11-1-2-12-28)27-24(31)23(30)15-3-6-17(26)7-4-15/h3-7,10,13,18,20,22,29H,1-2,8-9,11-12,14H2,(H,27,31). The summed E-state index contributed by atoms with van der Waals surface area (Å²) in [5, 5.41) is 14.2. The maximum atomic E-state index is 13.1. The van der Waals surface area contributed by atoms with Crippen LogP contribution in [-0.2, 0) is 4.79 Å². The van der Waals surface area contributed by atoms with Crippen LogP contribution in [0.5, 0.6) is 5.75 Å². The molecule has 0 spiro atoms. The first kappa shape index (κ1) is 22.7. The second kappa shape index (κ2) is 9.98. The topological polar surface area (TPSA) is 78.9 Å². The number of carbonyl (C=O) groups is 2. The largest absolute Gasteiger partial charge is 0.489 e. The molecule has 1 amide bonds. The highest BCUT2D eigenvalue weighted by Crippen LogP contribution is 2.34. The highest BCUT2D eigenvalue weighted by atomic mass is 35.5. The van der Waals surface area contributed by atoms with E-state index < -0.39 is 29.7 Å². The fourth-order valence-electron chi connectivity index (χ4n) is 3.83. The molecule has 8 heteroatoms. The van der Waals surface area contributed by atoms with E-state index in [2.05, 4.69) is 10.2 Å². The van der Waals surface area contributed by atoms with Crippen molar-refractivity contribution in [2.75, 3.05) is 19.6 Å². The van der Waals surface area contributed by atoms with Crippen molar-refractivity contribution in [2.24, 2.45) is 0 Å². The lowest BCUT2D eigenvalue weighted by Crippen LogP contribution is -2.48. The number of carbonyl (C=O) groups excluding carboxylic acids is 2. The molecule has 2 N–H and O–H groups in total. The summed E-state index contributed by atoms with van der Waals surface area (Å²) in [5.74, 6) is -1.55. The molecule has 4 rings (SSSR count). The van der Waals surface area contributed by atoms with Gasteiger partial charge in [-0.05, 0) is 80.7 Å². The summed E-state index contributed by atoms with van der Waals surface area (Å²) < 4.78 is 18.9. The van der Waals surface area contributed by atoms with Crippen LogP contribution >= 0.6 is 11.6 Å². The molecule has 1 heterocycles. The van der Waals surface area contributed by atoms with Crippen molar-refractivity contribution in [1.82, 2.24) is 10.2 Å². The van der Waals surface area contributed by atoms with E-state index in [0.717, 1.165) is 50.9 Å². The molecule has 170 valence electrons. The second-order valence-electron chi connectivity index (χ2n) is 8.38. The van der Waals surface area contributed by atoms with Gasteiger partial charge < -0.3 is 20.1 Å². The fourth-order valence-corrected chi connectivity index (χ4v) is 4.06. The van der Waals surface area contributed by atoms with E-state index in [-0.39, 0.29) is 11.7 Å². The van der Waals surface area contributed by atoms with Crippen LogP contribution in [0.3, 0.4) is 0 Å². The number of Topliss-reactive ketones (excluding diaryl/α,β-unsaturated/α-hetero) is 1. The highest BCUT2D eigenvalue weighted by Gasteiger charge is 2.30. The van der Waals surface area contributed by atoms with Crippen LogP contribution in [0, 0.1) is 5.82 Å². The molecule has 2 aromatic carbocycles. The Morgan fingerprint density at radius 3 is 2.47 bits per heavy atom. The molecule has 1 aliphatic heterocycles. The maximum absolute atomic E-state index is 13.1. The van der Waals surface area contributed by atoms with Crippen molar-refractivity contribution in [3.8, 4) is 5.75 Å². The third-order valence-electron chi connectivity index (χ3n) is 5.78. The van der Waals surface area contributed by atoms with Crippen LogP contribution in [0.1, 0.15) is 47.7 Å². The lowest BCUT2D eigenvalue weighted by molar-refractivity contribution is -0.118.